The molecule has 1 N–H and O–H groups in total. The summed E-state index contributed by atoms with van der Waals surface area (Å²) in [5, 5.41) is 3.81. The number of nitrogens with zero attached hydrogens (tertiary/aromatic N) is 2. The Morgan fingerprint density at radius 2 is 1.91 bits per heavy atom. The Labute approximate surface area is 265 Å². The molecule has 0 aliphatic carbocycles. The van der Waals surface area contributed by atoms with Gasteiger partial charge >= 0.3 is 12.1 Å². The third-order valence-corrected chi connectivity index (χ3v) is 6.69. The van der Waals surface area contributed by atoms with Crippen molar-refractivity contribution in [3.8, 4) is 5.75 Å². The second kappa shape index (κ2) is 16.8. The molecule has 2 aliphatic rings. The standard InChI is InChI=1S/C27H30N2O7.C5H11NO.C2H6/c1-7-17-19-10-16(35-26(32)36-27(2,3)4)8-9-21(19)28-23-20(17)12-29(5)22(23)11-18-15(13-30)14-34-25(31)24(18)33-6;1-5(2)6-3-4-7;1-2/h8-11,13,24H,7,12,14H2,1-6H3;4-6H,3H2,1-2H3;1-2H3/b22-11-;;. The molecule has 246 valence electrons. The number of cyclic esters (lactones) is 1. The van der Waals surface area contributed by atoms with Gasteiger partial charge in [-0.25, -0.2) is 14.6 Å². The number of esters is 1. The summed E-state index contributed by atoms with van der Waals surface area (Å²) in [4.78, 5) is 52.7. The molecule has 2 aliphatic heterocycles. The number of aromatic nitrogens is 1. The summed E-state index contributed by atoms with van der Waals surface area (Å²) in [6.07, 6.45) is 2.33. The Morgan fingerprint density at radius 1 is 1.22 bits per heavy atom. The van der Waals surface area contributed by atoms with E-state index in [0.717, 1.165) is 46.1 Å². The molecule has 1 aromatic heterocycles. The number of hydrogen-bond acceptors (Lipinski definition) is 11. The normalized spacial score (nSPS) is 16.8. The lowest BCUT2D eigenvalue weighted by atomic mass is 9.97. The van der Waals surface area contributed by atoms with E-state index in [-0.39, 0.29) is 6.61 Å². The number of pyridine rings is 1. The van der Waals surface area contributed by atoms with Gasteiger partial charge in [0.15, 0.2) is 6.10 Å². The fraction of sp³-hybridized carbons (Fsp3) is 0.500. The maximum atomic E-state index is 12.3. The molecule has 0 saturated heterocycles. The van der Waals surface area contributed by atoms with Gasteiger partial charge in [0.25, 0.3) is 0 Å². The zero-order chi connectivity index (χ0) is 33.9. The van der Waals surface area contributed by atoms with Crippen LogP contribution in [0.3, 0.4) is 0 Å². The van der Waals surface area contributed by atoms with E-state index in [4.69, 9.17) is 23.9 Å². The number of hydrogen-bond donors (Lipinski definition) is 1. The summed E-state index contributed by atoms with van der Waals surface area (Å²) in [5.74, 6) is -0.159. The lowest BCUT2D eigenvalue weighted by Gasteiger charge is -2.24. The van der Waals surface area contributed by atoms with Gasteiger partial charge in [-0.15, -0.1) is 0 Å². The predicted molar refractivity (Wildman–Crippen MR) is 173 cm³/mol. The van der Waals surface area contributed by atoms with Crippen LogP contribution >= 0.6 is 0 Å². The Hall–Kier alpha value is -4.09. The van der Waals surface area contributed by atoms with Crippen LogP contribution in [-0.4, -0.2) is 79.6 Å². The first-order chi connectivity index (χ1) is 21.3. The van der Waals surface area contributed by atoms with Crippen molar-refractivity contribution in [2.45, 2.75) is 86.1 Å². The number of carbonyl (C=O) groups is 4. The Morgan fingerprint density at radius 3 is 2.44 bits per heavy atom. The van der Waals surface area contributed by atoms with E-state index in [1.54, 1.807) is 45.0 Å². The molecular formula is C34H47N3O8. The zero-order valence-electron chi connectivity index (χ0n) is 28.1. The molecule has 1 aromatic carbocycles. The molecule has 0 bridgehead atoms. The minimum Gasteiger partial charge on any atom is -0.458 e. The van der Waals surface area contributed by atoms with Gasteiger partial charge in [0.2, 0.25) is 0 Å². The summed E-state index contributed by atoms with van der Waals surface area (Å²) in [7, 11) is 3.33. The minimum atomic E-state index is -0.984. The van der Waals surface area contributed by atoms with E-state index in [1.807, 2.05) is 39.6 Å². The topological polar surface area (TPSA) is 133 Å². The lowest BCUT2D eigenvalue weighted by Crippen LogP contribution is -2.34. The molecule has 0 saturated carbocycles. The largest absolute Gasteiger partial charge is 0.514 e. The molecule has 11 nitrogen and oxygen atoms in total. The molecule has 0 spiro atoms. The van der Waals surface area contributed by atoms with Crippen LogP contribution in [0.15, 0.2) is 35.4 Å². The molecule has 0 radical (unpaired) electrons. The van der Waals surface area contributed by atoms with E-state index in [2.05, 4.69) is 12.2 Å². The van der Waals surface area contributed by atoms with Crippen LogP contribution < -0.4 is 10.1 Å². The van der Waals surface area contributed by atoms with Crippen LogP contribution in [0.2, 0.25) is 0 Å². The van der Waals surface area contributed by atoms with Crippen LogP contribution in [0, 0.1) is 0 Å². The first-order valence-electron chi connectivity index (χ1n) is 15.2. The smallest absolute Gasteiger partial charge is 0.458 e. The molecule has 1 atom stereocenters. The maximum Gasteiger partial charge on any atom is 0.514 e. The SMILES string of the molecule is CC.CC(C)NCC=O.CCc1c2c(nc3ccc(OC(=O)OC(C)(C)C)cc13)/C(=C/C1=C(C=O)COC(=O)C1OC)N(C)C2. The molecule has 3 heterocycles. The molecule has 11 heteroatoms. The molecule has 1 unspecified atom stereocenters. The highest BCUT2D eigenvalue weighted by Gasteiger charge is 2.34. The first kappa shape index (κ1) is 37.1. The fourth-order valence-electron chi connectivity index (χ4n) is 4.77. The highest BCUT2D eigenvalue weighted by Crippen LogP contribution is 2.38. The second-order valence-corrected chi connectivity index (χ2v) is 11.5. The number of rotatable bonds is 8. The second-order valence-electron chi connectivity index (χ2n) is 11.5. The Kier molecular flexibility index (Phi) is 13.9. The van der Waals surface area contributed by atoms with Gasteiger partial charge in [-0.3, -0.25) is 4.79 Å². The number of ether oxygens (including phenoxy) is 4. The van der Waals surface area contributed by atoms with E-state index in [0.29, 0.717) is 42.3 Å². The van der Waals surface area contributed by atoms with E-state index >= 15 is 0 Å². The van der Waals surface area contributed by atoms with E-state index in [1.165, 1.54) is 7.11 Å². The fourth-order valence-corrected chi connectivity index (χ4v) is 4.77. The number of methoxy groups -OCH3 is 1. The highest BCUT2D eigenvalue weighted by molar-refractivity contribution is 5.92. The van der Waals surface area contributed by atoms with Gasteiger partial charge in [-0.2, -0.15) is 0 Å². The highest BCUT2D eigenvalue weighted by atomic mass is 16.7. The van der Waals surface area contributed by atoms with Crippen molar-refractivity contribution >= 4 is 41.3 Å². The number of aryl methyl sites for hydroxylation is 1. The van der Waals surface area contributed by atoms with Crippen LogP contribution in [0.4, 0.5) is 4.79 Å². The third kappa shape index (κ3) is 9.70. The van der Waals surface area contributed by atoms with Gasteiger partial charge in [0.05, 0.1) is 23.5 Å². The lowest BCUT2D eigenvalue weighted by molar-refractivity contribution is -0.153. The molecule has 45 heavy (non-hydrogen) atoms. The van der Waals surface area contributed by atoms with Crippen molar-refractivity contribution in [1.82, 2.24) is 15.2 Å². The molecule has 2 aromatic rings. The van der Waals surface area contributed by atoms with Crippen LogP contribution in [-0.2, 0) is 41.6 Å². The number of aldehydes is 2. The number of nitrogens with one attached hydrogen (secondary N) is 1. The van der Waals surface area contributed by atoms with E-state index < -0.39 is 23.8 Å². The van der Waals surface area contributed by atoms with Crippen molar-refractivity contribution in [3.05, 3.63) is 52.2 Å². The molecule has 0 amide bonds. The van der Waals surface area contributed by atoms with Gasteiger partial charge in [-0.1, -0.05) is 34.6 Å². The van der Waals surface area contributed by atoms with Crippen molar-refractivity contribution in [2.24, 2.45) is 0 Å². The minimum absolute atomic E-state index is 0.0936. The first-order valence-corrected chi connectivity index (χ1v) is 15.2. The summed E-state index contributed by atoms with van der Waals surface area (Å²) in [6.45, 7) is 16.4. The van der Waals surface area contributed by atoms with Crippen LogP contribution in [0.25, 0.3) is 16.6 Å². The zero-order valence-corrected chi connectivity index (χ0v) is 28.1. The number of carbonyl (C=O) groups excluding carboxylic acids is 4. The third-order valence-electron chi connectivity index (χ3n) is 6.69. The van der Waals surface area contributed by atoms with Crippen molar-refractivity contribution in [3.63, 3.8) is 0 Å². The average molecular weight is 626 g/mol. The average Bonchev–Trinajstić information content (AvgIpc) is 3.29. The monoisotopic (exact) mass is 625 g/mol. The van der Waals surface area contributed by atoms with Crippen molar-refractivity contribution < 1.29 is 38.1 Å². The summed E-state index contributed by atoms with van der Waals surface area (Å²) >= 11 is 0. The van der Waals surface area contributed by atoms with Gasteiger partial charge in [0.1, 0.15) is 30.5 Å². The predicted octanol–water partition coefficient (Wildman–Crippen LogP) is 5.17. The van der Waals surface area contributed by atoms with Crippen molar-refractivity contribution in [1.29, 1.82) is 0 Å². The maximum absolute atomic E-state index is 12.3. The summed E-state index contributed by atoms with van der Waals surface area (Å²) in [6, 6.07) is 5.71. The van der Waals surface area contributed by atoms with Crippen molar-refractivity contribution in [2.75, 3.05) is 27.3 Å². The van der Waals surface area contributed by atoms with Gasteiger partial charge in [-0.05, 0) is 57.0 Å². The molecule has 4 rings (SSSR count). The van der Waals surface area contributed by atoms with Gasteiger partial charge in [0, 0.05) is 48.8 Å². The summed E-state index contributed by atoms with van der Waals surface area (Å²) in [5.41, 5.74) is 4.57. The van der Waals surface area contributed by atoms with E-state index in [9.17, 15) is 19.2 Å². The Balaban J connectivity index is 0.000000692. The van der Waals surface area contributed by atoms with Crippen LogP contribution in [0.5, 0.6) is 5.75 Å². The Bertz CT molecular complexity index is 1440. The number of benzene rings is 1. The molecule has 0 fully saturated rings. The van der Waals surface area contributed by atoms with Crippen LogP contribution in [0.1, 0.15) is 72.2 Å². The number of fused-ring (bicyclic) bond motifs is 2. The quantitative estimate of drug-likeness (QED) is 0.236. The summed E-state index contributed by atoms with van der Waals surface area (Å²) < 4.78 is 21.1. The molecular weight excluding hydrogens is 578 g/mol. The van der Waals surface area contributed by atoms with Gasteiger partial charge < -0.3 is 34.0 Å².